The molecule has 0 radical (unpaired) electrons. The van der Waals surface area contributed by atoms with Crippen LogP contribution >= 0.6 is 11.8 Å². The first kappa shape index (κ1) is 13.2. The molecule has 0 aliphatic heterocycles. The van der Waals surface area contributed by atoms with Crippen molar-refractivity contribution in [3.63, 3.8) is 0 Å². The molecule has 0 spiro atoms. The van der Waals surface area contributed by atoms with Gasteiger partial charge in [-0.2, -0.15) is 17.0 Å². The summed E-state index contributed by atoms with van der Waals surface area (Å²) in [6.45, 7) is 1.92. The van der Waals surface area contributed by atoms with Crippen LogP contribution in [0.3, 0.4) is 0 Å². The van der Waals surface area contributed by atoms with Gasteiger partial charge in [-0.1, -0.05) is 12.5 Å². The third kappa shape index (κ3) is 3.17. The Kier molecular flexibility index (Phi) is 4.48. The molecule has 1 aliphatic rings. The third-order valence-corrected chi connectivity index (χ3v) is 4.61. The minimum atomic E-state index is 0.498. The fourth-order valence-corrected chi connectivity index (χ4v) is 3.25. The van der Waals surface area contributed by atoms with Gasteiger partial charge >= 0.3 is 0 Å². The molecule has 0 amide bonds. The van der Waals surface area contributed by atoms with E-state index in [1.54, 1.807) is 0 Å². The van der Waals surface area contributed by atoms with Gasteiger partial charge in [0, 0.05) is 11.3 Å². The number of pyridine rings is 1. The van der Waals surface area contributed by atoms with Crippen molar-refractivity contribution in [3.05, 3.63) is 23.4 Å². The van der Waals surface area contributed by atoms with Crippen LogP contribution in [0.4, 0.5) is 5.82 Å². The Bertz CT molecular complexity index is 453. The first-order valence-electron chi connectivity index (χ1n) is 6.40. The average Bonchev–Trinajstić information content (AvgIpc) is 2.41. The van der Waals surface area contributed by atoms with Gasteiger partial charge in [-0.3, -0.25) is 0 Å². The van der Waals surface area contributed by atoms with E-state index >= 15 is 0 Å². The Labute approximate surface area is 113 Å². The average molecular weight is 261 g/mol. The van der Waals surface area contributed by atoms with Crippen LogP contribution in [0.15, 0.2) is 12.1 Å². The first-order valence-corrected chi connectivity index (χ1v) is 7.69. The maximum absolute atomic E-state index is 8.99. The Morgan fingerprint density at radius 3 is 3.00 bits per heavy atom. The molecule has 2 atom stereocenters. The predicted molar refractivity (Wildman–Crippen MR) is 76.9 cm³/mol. The number of nitrogens with zero attached hydrogens (tertiary/aromatic N) is 2. The molecule has 0 aromatic carbocycles. The number of hydrogen-bond donors (Lipinski definition) is 1. The Balaban J connectivity index is 2.03. The summed E-state index contributed by atoms with van der Waals surface area (Å²) >= 11 is 1.96. The summed E-state index contributed by atoms with van der Waals surface area (Å²) < 4.78 is 0. The highest BCUT2D eigenvalue weighted by atomic mass is 32.2. The molecular weight excluding hydrogens is 242 g/mol. The second-order valence-electron chi connectivity index (χ2n) is 4.84. The largest absolute Gasteiger partial charge is 0.367 e. The zero-order valence-electron chi connectivity index (χ0n) is 10.9. The number of aryl methyl sites for hydroxylation is 1. The maximum Gasteiger partial charge on any atom is 0.145 e. The number of nitrogens with one attached hydrogen (secondary N) is 1. The fourth-order valence-electron chi connectivity index (χ4n) is 2.42. The molecule has 0 bridgehead atoms. The van der Waals surface area contributed by atoms with E-state index in [9.17, 15) is 0 Å². The lowest BCUT2D eigenvalue weighted by Gasteiger charge is -2.29. The van der Waals surface area contributed by atoms with Crippen LogP contribution in [0, 0.1) is 18.3 Å². The zero-order valence-corrected chi connectivity index (χ0v) is 11.8. The molecule has 0 saturated heterocycles. The lowest BCUT2D eigenvalue weighted by Crippen LogP contribution is -2.28. The molecule has 1 saturated carbocycles. The Morgan fingerprint density at radius 1 is 1.44 bits per heavy atom. The van der Waals surface area contributed by atoms with Gasteiger partial charge in [0.1, 0.15) is 17.6 Å². The number of rotatable bonds is 3. The van der Waals surface area contributed by atoms with Gasteiger partial charge in [-0.15, -0.1) is 0 Å². The van der Waals surface area contributed by atoms with Crippen molar-refractivity contribution in [2.75, 3.05) is 11.6 Å². The van der Waals surface area contributed by atoms with Gasteiger partial charge < -0.3 is 5.32 Å². The van der Waals surface area contributed by atoms with E-state index in [1.807, 2.05) is 30.8 Å². The smallest absolute Gasteiger partial charge is 0.145 e. The summed E-state index contributed by atoms with van der Waals surface area (Å²) in [6, 6.07) is 6.57. The molecule has 1 N–H and O–H groups in total. The summed E-state index contributed by atoms with van der Waals surface area (Å²) in [5.41, 5.74) is 1.46. The van der Waals surface area contributed by atoms with Crippen molar-refractivity contribution in [2.45, 2.75) is 43.9 Å². The normalized spacial score (nSPS) is 23.4. The predicted octanol–water partition coefficient (Wildman–Crippen LogP) is 3.35. The van der Waals surface area contributed by atoms with Gasteiger partial charge in [0.05, 0.1) is 0 Å². The van der Waals surface area contributed by atoms with Crippen LogP contribution in [-0.2, 0) is 0 Å². The molecule has 18 heavy (non-hydrogen) atoms. The van der Waals surface area contributed by atoms with E-state index in [1.165, 1.54) is 25.7 Å². The van der Waals surface area contributed by atoms with Crippen molar-refractivity contribution < 1.29 is 0 Å². The van der Waals surface area contributed by atoms with Crippen molar-refractivity contribution >= 4 is 17.6 Å². The highest BCUT2D eigenvalue weighted by Gasteiger charge is 2.21. The van der Waals surface area contributed by atoms with Crippen molar-refractivity contribution in [1.29, 1.82) is 5.26 Å². The SMILES string of the molecule is CSC1CCCC(Nc2ccc(C)c(C#N)n2)C1. The van der Waals surface area contributed by atoms with E-state index in [0.717, 1.165) is 16.6 Å². The van der Waals surface area contributed by atoms with Gasteiger partial charge in [0.2, 0.25) is 0 Å². The van der Waals surface area contributed by atoms with Gasteiger partial charge in [0.25, 0.3) is 0 Å². The topological polar surface area (TPSA) is 48.7 Å². The van der Waals surface area contributed by atoms with E-state index in [-0.39, 0.29) is 0 Å². The van der Waals surface area contributed by atoms with Crippen molar-refractivity contribution in [3.8, 4) is 6.07 Å². The maximum atomic E-state index is 8.99. The van der Waals surface area contributed by atoms with Crippen molar-refractivity contribution in [2.24, 2.45) is 0 Å². The lowest BCUT2D eigenvalue weighted by molar-refractivity contribution is 0.473. The first-order chi connectivity index (χ1) is 8.72. The minimum Gasteiger partial charge on any atom is -0.367 e. The van der Waals surface area contributed by atoms with Gasteiger partial charge in [-0.25, -0.2) is 4.98 Å². The molecule has 2 unspecified atom stereocenters. The second-order valence-corrected chi connectivity index (χ2v) is 5.98. The van der Waals surface area contributed by atoms with E-state index in [2.05, 4.69) is 22.6 Å². The second kappa shape index (κ2) is 6.10. The molecule has 4 heteroatoms. The fraction of sp³-hybridized carbons (Fsp3) is 0.571. The van der Waals surface area contributed by atoms with Crippen LogP contribution in [0.25, 0.3) is 0 Å². The summed E-state index contributed by atoms with van der Waals surface area (Å²) in [7, 11) is 0. The summed E-state index contributed by atoms with van der Waals surface area (Å²) in [5, 5.41) is 13.2. The quantitative estimate of drug-likeness (QED) is 0.906. The minimum absolute atomic E-state index is 0.498. The number of anilines is 1. The number of thioether (sulfide) groups is 1. The van der Waals surface area contributed by atoms with E-state index < -0.39 is 0 Å². The third-order valence-electron chi connectivity index (χ3n) is 3.51. The molecule has 1 fully saturated rings. The van der Waals surface area contributed by atoms with Gasteiger partial charge in [-0.05, 0) is 44.1 Å². The number of hydrogen-bond acceptors (Lipinski definition) is 4. The molecule has 1 aromatic rings. The van der Waals surface area contributed by atoms with Crippen LogP contribution in [0.2, 0.25) is 0 Å². The zero-order chi connectivity index (χ0) is 13.0. The Morgan fingerprint density at radius 2 is 2.28 bits per heavy atom. The summed E-state index contributed by atoms with van der Waals surface area (Å²) in [4.78, 5) is 4.36. The summed E-state index contributed by atoms with van der Waals surface area (Å²) in [6.07, 6.45) is 7.18. The van der Waals surface area contributed by atoms with Crippen LogP contribution in [-0.4, -0.2) is 22.5 Å². The lowest BCUT2D eigenvalue weighted by atomic mass is 9.95. The van der Waals surface area contributed by atoms with Crippen LogP contribution in [0.1, 0.15) is 36.9 Å². The molecule has 1 aromatic heterocycles. The highest BCUT2D eigenvalue weighted by molar-refractivity contribution is 7.99. The molecule has 2 rings (SSSR count). The monoisotopic (exact) mass is 261 g/mol. The van der Waals surface area contributed by atoms with E-state index in [0.29, 0.717) is 11.7 Å². The number of nitriles is 1. The number of aromatic nitrogens is 1. The van der Waals surface area contributed by atoms with E-state index in [4.69, 9.17) is 5.26 Å². The molecule has 1 aliphatic carbocycles. The van der Waals surface area contributed by atoms with Gasteiger partial charge in [0.15, 0.2) is 0 Å². The molecule has 3 nitrogen and oxygen atoms in total. The Hall–Kier alpha value is -1.21. The standard InChI is InChI=1S/C14H19N3S/c1-10-6-7-14(17-13(10)9-15)16-11-4-3-5-12(8-11)18-2/h6-7,11-12H,3-5,8H2,1-2H3,(H,16,17). The summed E-state index contributed by atoms with van der Waals surface area (Å²) in [5.74, 6) is 0.837. The molecule has 1 heterocycles. The van der Waals surface area contributed by atoms with Crippen LogP contribution < -0.4 is 5.32 Å². The highest BCUT2D eigenvalue weighted by Crippen LogP contribution is 2.28. The molecular formula is C14H19N3S. The van der Waals surface area contributed by atoms with Crippen LogP contribution in [0.5, 0.6) is 0 Å². The molecule has 96 valence electrons. The van der Waals surface area contributed by atoms with Crippen molar-refractivity contribution in [1.82, 2.24) is 4.98 Å².